The second kappa shape index (κ2) is 9.25. The van der Waals surface area contributed by atoms with Crippen molar-refractivity contribution in [2.45, 2.75) is 84.8 Å². The molecule has 174 valence electrons. The van der Waals surface area contributed by atoms with E-state index in [9.17, 15) is 0 Å². The quantitative estimate of drug-likeness (QED) is 0.552. The number of hydrogen-bond acceptors (Lipinski definition) is 4. The number of hydrogen-bond donors (Lipinski definition) is 1. The van der Waals surface area contributed by atoms with E-state index in [1.54, 1.807) is 0 Å². The van der Waals surface area contributed by atoms with E-state index in [0.29, 0.717) is 30.0 Å². The Morgan fingerprint density at radius 3 is 2.31 bits per heavy atom. The smallest absolute Gasteiger partial charge is 0.142 e. The summed E-state index contributed by atoms with van der Waals surface area (Å²) in [6.45, 7) is 18.9. The van der Waals surface area contributed by atoms with Crippen molar-refractivity contribution < 1.29 is 4.74 Å². The molecule has 0 saturated carbocycles. The normalized spacial score (nSPS) is 19.0. The van der Waals surface area contributed by atoms with Crippen LogP contribution in [0, 0.1) is 0 Å². The lowest BCUT2D eigenvalue weighted by atomic mass is 9.90. The van der Waals surface area contributed by atoms with E-state index in [1.165, 1.54) is 28.2 Å². The lowest BCUT2D eigenvalue weighted by Crippen LogP contribution is -2.47. The summed E-state index contributed by atoms with van der Waals surface area (Å²) in [5.41, 5.74) is 6.67. The fourth-order valence-corrected chi connectivity index (χ4v) is 5.32. The van der Waals surface area contributed by atoms with Crippen LogP contribution in [-0.4, -0.2) is 37.8 Å². The van der Waals surface area contributed by atoms with E-state index in [4.69, 9.17) is 4.74 Å². The third-order valence-corrected chi connectivity index (χ3v) is 7.13. The van der Waals surface area contributed by atoms with Crippen LogP contribution >= 0.6 is 0 Å². The summed E-state index contributed by atoms with van der Waals surface area (Å²) in [5.74, 6) is 2.00. The summed E-state index contributed by atoms with van der Waals surface area (Å²) in [6, 6.07) is 15.0. The molecule has 2 aliphatic rings. The van der Waals surface area contributed by atoms with Crippen LogP contribution in [0.4, 0.5) is 17.1 Å². The predicted molar refractivity (Wildman–Crippen MR) is 138 cm³/mol. The summed E-state index contributed by atoms with van der Waals surface area (Å²) < 4.78 is 6.27. The van der Waals surface area contributed by atoms with Crippen LogP contribution in [0.25, 0.3) is 0 Å². The van der Waals surface area contributed by atoms with Gasteiger partial charge in [0.2, 0.25) is 0 Å². The first-order valence-electron chi connectivity index (χ1n) is 12.5. The van der Waals surface area contributed by atoms with Gasteiger partial charge < -0.3 is 19.9 Å². The molecule has 0 saturated heterocycles. The predicted octanol–water partition coefficient (Wildman–Crippen LogP) is 6.62. The second-order valence-corrected chi connectivity index (χ2v) is 10.5. The third-order valence-electron chi connectivity index (χ3n) is 7.13. The van der Waals surface area contributed by atoms with Gasteiger partial charge in [0.15, 0.2) is 0 Å². The van der Waals surface area contributed by atoms with Gasteiger partial charge in [-0.1, -0.05) is 32.9 Å². The second-order valence-electron chi connectivity index (χ2n) is 10.5. The zero-order chi connectivity index (χ0) is 23.0. The number of benzene rings is 2. The Hall–Kier alpha value is -2.36. The van der Waals surface area contributed by atoms with Crippen molar-refractivity contribution in [2.24, 2.45) is 0 Å². The largest absolute Gasteiger partial charge is 0.489 e. The van der Waals surface area contributed by atoms with Crippen molar-refractivity contribution >= 4 is 17.1 Å². The highest BCUT2D eigenvalue weighted by molar-refractivity contribution is 5.73. The van der Waals surface area contributed by atoms with Gasteiger partial charge in [-0.2, -0.15) is 0 Å². The molecule has 0 amide bonds. The highest BCUT2D eigenvalue weighted by Crippen LogP contribution is 2.41. The molecule has 2 aromatic rings. The lowest BCUT2D eigenvalue weighted by molar-refractivity contribution is 0.243. The van der Waals surface area contributed by atoms with Crippen molar-refractivity contribution in [1.82, 2.24) is 0 Å². The van der Waals surface area contributed by atoms with Crippen molar-refractivity contribution in [3.63, 3.8) is 0 Å². The van der Waals surface area contributed by atoms with Crippen molar-refractivity contribution in [2.75, 3.05) is 34.8 Å². The molecule has 0 bridgehead atoms. The Morgan fingerprint density at radius 2 is 1.62 bits per heavy atom. The van der Waals surface area contributed by atoms with Gasteiger partial charge in [-0.25, -0.2) is 0 Å². The van der Waals surface area contributed by atoms with Gasteiger partial charge in [0.05, 0.1) is 23.1 Å². The van der Waals surface area contributed by atoms with Crippen LogP contribution in [0.2, 0.25) is 0 Å². The summed E-state index contributed by atoms with van der Waals surface area (Å²) in [6.07, 6.45) is 1.08. The van der Waals surface area contributed by atoms with Gasteiger partial charge in [-0.15, -0.1) is 0 Å². The highest BCUT2D eigenvalue weighted by atomic mass is 16.5. The van der Waals surface area contributed by atoms with E-state index < -0.39 is 0 Å². The van der Waals surface area contributed by atoms with Gasteiger partial charge in [-0.3, -0.25) is 0 Å². The van der Waals surface area contributed by atoms with Gasteiger partial charge in [0, 0.05) is 25.2 Å². The molecule has 4 rings (SSSR count). The number of rotatable bonds is 6. The maximum atomic E-state index is 6.27. The van der Waals surface area contributed by atoms with E-state index in [2.05, 4.69) is 100.0 Å². The van der Waals surface area contributed by atoms with Crippen molar-refractivity contribution in [1.29, 1.82) is 0 Å². The van der Waals surface area contributed by atoms with Crippen LogP contribution in [0.5, 0.6) is 5.75 Å². The first-order valence-corrected chi connectivity index (χ1v) is 12.5. The molecule has 2 atom stereocenters. The Bertz CT molecular complexity index is 936. The van der Waals surface area contributed by atoms with Gasteiger partial charge >= 0.3 is 0 Å². The van der Waals surface area contributed by atoms with E-state index in [-0.39, 0.29) is 0 Å². The third kappa shape index (κ3) is 4.42. The SMILES string of the molecule is CC(C)c1ccc2c(c1)N(C(C)C)C(CC(C)c1ccc3c(c1)N(C(C)C)CCN3)CO2. The van der Waals surface area contributed by atoms with Crippen LogP contribution in [-0.2, 0) is 0 Å². The first-order chi connectivity index (χ1) is 15.3. The molecule has 0 aliphatic carbocycles. The van der Waals surface area contributed by atoms with Gasteiger partial charge in [0.25, 0.3) is 0 Å². The average Bonchev–Trinajstić information content (AvgIpc) is 2.77. The van der Waals surface area contributed by atoms with Crippen LogP contribution in [0.3, 0.4) is 0 Å². The minimum absolute atomic E-state index is 0.371. The minimum atomic E-state index is 0.371. The monoisotopic (exact) mass is 435 g/mol. The summed E-state index contributed by atoms with van der Waals surface area (Å²) in [4.78, 5) is 5.12. The molecule has 2 unspecified atom stereocenters. The molecule has 4 heteroatoms. The molecule has 2 heterocycles. The summed E-state index contributed by atoms with van der Waals surface area (Å²) >= 11 is 0. The zero-order valence-corrected chi connectivity index (χ0v) is 21.0. The Balaban J connectivity index is 1.58. The molecule has 1 N–H and O–H groups in total. The van der Waals surface area contributed by atoms with Crippen LogP contribution in [0.15, 0.2) is 36.4 Å². The maximum absolute atomic E-state index is 6.27. The zero-order valence-electron chi connectivity index (χ0n) is 21.0. The number of ether oxygens (including phenoxy) is 1. The molecule has 4 nitrogen and oxygen atoms in total. The fraction of sp³-hybridized carbons (Fsp3) is 0.571. The van der Waals surface area contributed by atoms with Crippen molar-refractivity contribution in [3.8, 4) is 5.75 Å². The molecular weight excluding hydrogens is 394 g/mol. The van der Waals surface area contributed by atoms with E-state index >= 15 is 0 Å². The Kier molecular flexibility index (Phi) is 6.60. The number of nitrogens with zero attached hydrogens (tertiary/aromatic N) is 2. The number of fused-ring (bicyclic) bond motifs is 2. The molecule has 2 aromatic carbocycles. The minimum Gasteiger partial charge on any atom is -0.489 e. The molecule has 0 aromatic heterocycles. The highest BCUT2D eigenvalue weighted by Gasteiger charge is 2.31. The lowest BCUT2D eigenvalue weighted by Gasteiger charge is -2.43. The number of anilines is 3. The van der Waals surface area contributed by atoms with E-state index in [1.807, 2.05) is 0 Å². The molecular formula is C28H41N3O. The topological polar surface area (TPSA) is 27.7 Å². The van der Waals surface area contributed by atoms with Gasteiger partial charge in [0.1, 0.15) is 12.4 Å². The molecule has 0 fully saturated rings. The molecule has 0 radical (unpaired) electrons. The van der Waals surface area contributed by atoms with Gasteiger partial charge in [-0.05, 0) is 81.3 Å². The standard InChI is InChI=1S/C28H41N3O/c1-18(2)22-9-11-28-27(15-22)31(20(5)6)24(17-32-28)14-21(7)23-8-10-25-26(16-23)30(19(3)4)13-12-29-25/h8-11,15-16,18-21,24,29H,12-14,17H2,1-7H3. The molecule has 0 spiro atoms. The van der Waals surface area contributed by atoms with E-state index in [0.717, 1.165) is 31.9 Å². The summed E-state index contributed by atoms with van der Waals surface area (Å²) in [5, 5.41) is 3.57. The van der Waals surface area contributed by atoms with Crippen LogP contribution in [0.1, 0.15) is 77.8 Å². The summed E-state index contributed by atoms with van der Waals surface area (Å²) in [7, 11) is 0. The maximum Gasteiger partial charge on any atom is 0.142 e. The average molecular weight is 436 g/mol. The fourth-order valence-electron chi connectivity index (χ4n) is 5.32. The Morgan fingerprint density at radius 1 is 0.906 bits per heavy atom. The Labute approximate surface area is 194 Å². The van der Waals surface area contributed by atoms with Crippen molar-refractivity contribution in [3.05, 3.63) is 47.5 Å². The molecule has 32 heavy (non-hydrogen) atoms. The van der Waals surface area contributed by atoms with Crippen LogP contribution < -0.4 is 19.9 Å². The molecule has 2 aliphatic heterocycles. The number of nitrogens with one attached hydrogen (secondary N) is 1. The first kappa shape index (κ1) is 22.8.